The van der Waals surface area contributed by atoms with E-state index in [1.54, 1.807) is 42.3 Å². The number of carbonyl (C=O) groups is 4. The van der Waals surface area contributed by atoms with Gasteiger partial charge in [0.05, 0.1) is 5.69 Å². The van der Waals surface area contributed by atoms with E-state index in [0.29, 0.717) is 34.8 Å². The number of nitrogens with one attached hydrogen (secondary N) is 2. The van der Waals surface area contributed by atoms with Crippen molar-refractivity contribution in [1.29, 1.82) is 0 Å². The normalized spacial score (nSPS) is 11.8. The van der Waals surface area contributed by atoms with Gasteiger partial charge in [-0.2, -0.15) is 0 Å². The lowest BCUT2D eigenvalue weighted by Crippen LogP contribution is -2.33. The van der Waals surface area contributed by atoms with Crippen LogP contribution in [0.1, 0.15) is 26.3 Å². The van der Waals surface area contributed by atoms with Gasteiger partial charge in [-0.3, -0.25) is 19.2 Å². The molecule has 0 fully saturated rings. The van der Waals surface area contributed by atoms with E-state index in [-0.39, 0.29) is 30.8 Å². The van der Waals surface area contributed by atoms with Crippen molar-refractivity contribution in [2.24, 2.45) is 0 Å². The molecule has 0 aromatic heterocycles. The number of ether oxygens (including phenoxy) is 1. The Bertz CT molecular complexity index is 1040. The van der Waals surface area contributed by atoms with Crippen LogP contribution in [0.4, 0.5) is 11.4 Å². The van der Waals surface area contributed by atoms with E-state index in [9.17, 15) is 14.4 Å². The van der Waals surface area contributed by atoms with Crippen LogP contribution in [0.2, 0.25) is 0 Å². The van der Waals surface area contributed by atoms with Crippen molar-refractivity contribution < 1.29 is 29.0 Å². The molecule has 3 amide bonds. The number of benzene rings is 2. The van der Waals surface area contributed by atoms with Gasteiger partial charge in [0.1, 0.15) is 5.75 Å². The van der Waals surface area contributed by atoms with Crippen LogP contribution < -0.4 is 15.4 Å². The van der Waals surface area contributed by atoms with Crippen LogP contribution in [0, 0.1) is 6.92 Å². The Labute approximate surface area is 192 Å². The van der Waals surface area contributed by atoms with Crippen molar-refractivity contribution in [3.05, 3.63) is 53.1 Å². The van der Waals surface area contributed by atoms with Crippen molar-refractivity contribution in [2.75, 3.05) is 51.5 Å². The first-order valence-electron chi connectivity index (χ1n) is 10.1. The second-order valence-electron chi connectivity index (χ2n) is 7.67. The molecule has 0 saturated carbocycles. The van der Waals surface area contributed by atoms with Crippen molar-refractivity contribution in [1.82, 2.24) is 9.80 Å². The molecule has 176 valence electrons. The molecule has 33 heavy (non-hydrogen) atoms. The maximum atomic E-state index is 12.8. The molecule has 2 aromatic rings. The zero-order valence-corrected chi connectivity index (χ0v) is 19.0. The number of likely N-dealkylation sites (N-methyl/N-ethyl adjacent to an activating group) is 2. The molecule has 1 heterocycles. The molecule has 3 rings (SSSR count). The lowest BCUT2D eigenvalue weighted by molar-refractivity contribution is -0.123. The third kappa shape index (κ3) is 7.04. The molecule has 0 unspecified atom stereocenters. The zero-order valence-electron chi connectivity index (χ0n) is 19.0. The smallest absolute Gasteiger partial charge is 0.290 e. The van der Waals surface area contributed by atoms with Gasteiger partial charge in [0, 0.05) is 37.0 Å². The number of aryl methyl sites for hydroxylation is 1. The van der Waals surface area contributed by atoms with E-state index < -0.39 is 0 Å². The third-order valence-electron chi connectivity index (χ3n) is 4.84. The highest BCUT2D eigenvalue weighted by molar-refractivity contribution is 6.06. The highest BCUT2D eigenvalue weighted by atomic mass is 16.5. The average molecular weight is 456 g/mol. The van der Waals surface area contributed by atoms with E-state index in [0.717, 1.165) is 12.1 Å². The van der Waals surface area contributed by atoms with Crippen LogP contribution in [0.3, 0.4) is 0 Å². The highest BCUT2D eigenvalue weighted by Gasteiger charge is 2.19. The summed E-state index contributed by atoms with van der Waals surface area (Å²) in [6.45, 7) is 2.90. The molecule has 0 aliphatic carbocycles. The molecule has 0 saturated heterocycles. The monoisotopic (exact) mass is 456 g/mol. The predicted octanol–water partition coefficient (Wildman–Crippen LogP) is 1.91. The van der Waals surface area contributed by atoms with Crippen LogP contribution in [0.5, 0.6) is 5.75 Å². The summed E-state index contributed by atoms with van der Waals surface area (Å²) in [6, 6.07) is 10.1. The van der Waals surface area contributed by atoms with Gasteiger partial charge in [-0.15, -0.1) is 0 Å². The fraction of sp³-hybridized carbons (Fsp3) is 0.304. The standard InChI is InChI=1S/C22H26N4O4.CH2O2/c1-14-5-6-16(22(29)26(4)10-9-25(2)3)11-18(14)24-21(28)15-7-8-17-19(12-15)30-13-20(27)23-17;2-1-3/h5-8,11-12H,9-10,13H2,1-4H3,(H,23,27)(H,24,28);1H,(H,2,3). The summed E-state index contributed by atoms with van der Waals surface area (Å²) in [5, 5.41) is 12.4. The molecule has 0 bridgehead atoms. The number of carbonyl (C=O) groups excluding carboxylic acids is 3. The van der Waals surface area contributed by atoms with Gasteiger partial charge < -0.3 is 30.3 Å². The van der Waals surface area contributed by atoms with E-state index in [4.69, 9.17) is 14.6 Å². The fourth-order valence-corrected chi connectivity index (χ4v) is 2.97. The lowest BCUT2D eigenvalue weighted by atomic mass is 10.1. The van der Waals surface area contributed by atoms with E-state index in [1.807, 2.05) is 32.0 Å². The van der Waals surface area contributed by atoms with Gasteiger partial charge in [-0.25, -0.2) is 0 Å². The summed E-state index contributed by atoms with van der Waals surface area (Å²) >= 11 is 0. The number of hydrogen-bond donors (Lipinski definition) is 3. The molecule has 10 nitrogen and oxygen atoms in total. The van der Waals surface area contributed by atoms with E-state index >= 15 is 0 Å². The molecule has 0 atom stereocenters. The molecule has 0 spiro atoms. The van der Waals surface area contributed by atoms with Crippen LogP contribution >= 0.6 is 0 Å². The second kappa shape index (κ2) is 11.6. The van der Waals surface area contributed by atoms with Crippen LogP contribution in [-0.2, 0) is 9.59 Å². The summed E-state index contributed by atoms with van der Waals surface area (Å²) in [5.41, 5.74) is 2.85. The summed E-state index contributed by atoms with van der Waals surface area (Å²) in [5.74, 6) is -0.213. The fourth-order valence-electron chi connectivity index (χ4n) is 2.97. The number of anilines is 2. The highest BCUT2D eigenvalue weighted by Crippen LogP contribution is 2.29. The van der Waals surface area contributed by atoms with Gasteiger partial charge in [-0.1, -0.05) is 6.07 Å². The Hall–Kier alpha value is -3.92. The van der Waals surface area contributed by atoms with Crippen molar-refractivity contribution in [2.45, 2.75) is 6.92 Å². The maximum Gasteiger partial charge on any atom is 0.290 e. The van der Waals surface area contributed by atoms with Gasteiger partial charge in [0.2, 0.25) is 0 Å². The summed E-state index contributed by atoms with van der Waals surface area (Å²) in [7, 11) is 5.67. The molecule has 1 aliphatic rings. The molecule has 0 radical (unpaired) electrons. The van der Waals surface area contributed by atoms with Crippen LogP contribution in [0.15, 0.2) is 36.4 Å². The SMILES string of the molecule is Cc1ccc(C(=O)N(C)CCN(C)C)cc1NC(=O)c1ccc2c(c1)OCC(=O)N2.O=CO. The number of rotatable bonds is 6. The van der Waals surface area contributed by atoms with Gasteiger partial charge in [0.25, 0.3) is 24.2 Å². The second-order valence-corrected chi connectivity index (χ2v) is 7.67. The number of amides is 3. The lowest BCUT2D eigenvalue weighted by Gasteiger charge is -2.20. The minimum Gasteiger partial charge on any atom is -0.483 e. The first-order chi connectivity index (χ1) is 15.7. The first kappa shape index (κ1) is 25.3. The van der Waals surface area contributed by atoms with Gasteiger partial charge in [0.15, 0.2) is 6.61 Å². The summed E-state index contributed by atoms with van der Waals surface area (Å²) < 4.78 is 5.37. The summed E-state index contributed by atoms with van der Waals surface area (Å²) in [4.78, 5) is 48.9. The zero-order chi connectivity index (χ0) is 24.5. The molecular formula is C23H28N4O6. The van der Waals surface area contributed by atoms with E-state index in [1.165, 1.54) is 0 Å². The van der Waals surface area contributed by atoms with Gasteiger partial charge in [-0.05, 0) is 56.9 Å². The number of fused-ring (bicyclic) bond motifs is 1. The number of nitrogens with zero attached hydrogens (tertiary/aromatic N) is 2. The topological polar surface area (TPSA) is 128 Å². The number of hydrogen-bond acceptors (Lipinski definition) is 6. The third-order valence-corrected chi connectivity index (χ3v) is 4.84. The van der Waals surface area contributed by atoms with Crippen molar-refractivity contribution in [3.63, 3.8) is 0 Å². The Morgan fingerprint density at radius 2 is 1.79 bits per heavy atom. The molecule has 10 heteroatoms. The Balaban J connectivity index is 0.00000122. The Kier molecular flexibility index (Phi) is 8.93. The van der Waals surface area contributed by atoms with Crippen molar-refractivity contribution >= 4 is 35.6 Å². The molecule has 3 N–H and O–H groups in total. The van der Waals surface area contributed by atoms with Gasteiger partial charge >= 0.3 is 0 Å². The molecule has 1 aliphatic heterocycles. The quantitative estimate of drug-likeness (QED) is 0.567. The summed E-state index contributed by atoms with van der Waals surface area (Å²) in [6.07, 6.45) is 0. The minimum absolute atomic E-state index is 0.0807. The largest absolute Gasteiger partial charge is 0.483 e. The average Bonchev–Trinajstić information content (AvgIpc) is 2.78. The Morgan fingerprint density at radius 3 is 2.45 bits per heavy atom. The van der Waals surface area contributed by atoms with Crippen molar-refractivity contribution in [3.8, 4) is 5.75 Å². The molecular weight excluding hydrogens is 428 g/mol. The minimum atomic E-state index is -0.327. The first-order valence-corrected chi connectivity index (χ1v) is 10.1. The maximum absolute atomic E-state index is 12.8. The van der Waals surface area contributed by atoms with Crippen LogP contribution in [-0.4, -0.2) is 79.9 Å². The van der Waals surface area contributed by atoms with E-state index in [2.05, 4.69) is 10.6 Å². The molecule has 2 aromatic carbocycles. The van der Waals surface area contributed by atoms with Crippen LogP contribution in [0.25, 0.3) is 0 Å². The Morgan fingerprint density at radius 1 is 1.12 bits per heavy atom. The number of carboxylic acid groups (broad SMARTS) is 1. The predicted molar refractivity (Wildman–Crippen MR) is 124 cm³/mol.